The van der Waals surface area contributed by atoms with E-state index in [9.17, 15) is 4.79 Å². The molecule has 0 unspecified atom stereocenters. The zero-order chi connectivity index (χ0) is 11.3. The Bertz CT molecular complexity index is 219. The van der Waals surface area contributed by atoms with E-state index in [0.29, 0.717) is 32.8 Å². The molecule has 0 atom stereocenters. The van der Waals surface area contributed by atoms with Crippen molar-refractivity contribution in [1.82, 2.24) is 4.90 Å². The molecule has 0 bridgehead atoms. The molecule has 1 aliphatic rings. The Morgan fingerprint density at radius 1 is 1.60 bits per heavy atom. The highest BCUT2D eigenvalue weighted by Gasteiger charge is 2.29. The molecular formula is C10H20N2O3. The minimum absolute atomic E-state index is 0.0137. The zero-order valence-electron chi connectivity index (χ0n) is 9.49. The second kappa shape index (κ2) is 5.44. The van der Waals surface area contributed by atoms with Crippen LogP contribution in [-0.4, -0.2) is 55.9 Å². The van der Waals surface area contributed by atoms with Crippen LogP contribution >= 0.6 is 0 Å². The number of nitrogens with zero attached hydrogens (tertiary/aromatic N) is 1. The van der Waals surface area contributed by atoms with Crippen molar-refractivity contribution in [2.75, 3.05) is 39.5 Å². The van der Waals surface area contributed by atoms with Crippen LogP contribution in [0, 0.1) is 0 Å². The zero-order valence-corrected chi connectivity index (χ0v) is 9.49. The SMILES string of the molecule is CC1(C)CN(C(=O)COCCN)CCO1. The predicted molar refractivity (Wildman–Crippen MR) is 56.5 cm³/mol. The fraction of sp³-hybridized carbons (Fsp3) is 0.900. The molecule has 1 amide bonds. The molecule has 0 aromatic carbocycles. The normalized spacial score (nSPS) is 20.3. The van der Waals surface area contributed by atoms with Gasteiger partial charge in [-0.15, -0.1) is 0 Å². The molecule has 1 saturated heterocycles. The topological polar surface area (TPSA) is 64.8 Å². The van der Waals surface area contributed by atoms with Gasteiger partial charge < -0.3 is 20.1 Å². The highest BCUT2D eigenvalue weighted by molar-refractivity contribution is 5.77. The minimum atomic E-state index is -0.248. The van der Waals surface area contributed by atoms with Crippen molar-refractivity contribution in [2.45, 2.75) is 19.4 Å². The van der Waals surface area contributed by atoms with E-state index in [1.165, 1.54) is 0 Å². The molecule has 0 aliphatic carbocycles. The number of hydrogen-bond donors (Lipinski definition) is 1. The minimum Gasteiger partial charge on any atom is -0.372 e. The Balaban J connectivity index is 2.32. The van der Waals surface area contributed by atoms with Gasteiger partial charge in [0.05, 0.1) is 18.8 Å². The summed E-state index contributed by atoms with van der Waals surface area (Å²) >= 11 is 0. The van der Waals surface area contributed by atoms with Crippen LogP contribution in [0.3, 0.4) is 0 Å². The first-order valence-electron chi connectivity index (χ1n) is 5.25. The molecule has 0 saturated carbocycles. The smallest absolute Gasteiger partial charge is 0.248 e. The summed E-state index contributed by atoms with van der Waals surface area (Å²) in [6.45, 7) is 6.82. The van der Waals surface area contributed by atoms with Gasteiger partial charge in [0.2, 0.25) is 5.91 Å². The van der Waals surface area contributed by atoms with Gasteiger partial charge in [0.15, 0.2) is 0 Å². The average molecular weight is 216 g/mol. The van der Waals surface area contributed by atoms with E-state index in [0.717, 1.165) is 0 Å². The molecule has 1 heterocycles. The Morgan fingerprint density at radius 3 is 2.93 bits per heavy atom. The number of carbonyl (C=O) groups excluding carboxylic acids is 1. The molecule has 0 radical (unpaired) electrons. The van der Waals surface area contributed by atoms with E-state index >= 15 is 0 Å². The van der Waals surface area contributed by atoms with Gasteiger partial charge in [-0.3, -0.25) is 4.79 Å². The summed E-state index contributed by atoms with van der Waals surface area (Å²) in [5, 5.41) is 0. The van der Waals surface area contributed by atoms with E-state index in [1.54, 1.807) is 4.90 Å². The standard InChI is InChI=1S/C10H20N2O3/c1-10(2)8-12(4-6-15-10)9(13)7-14-5-3-11/h3-8,11H2,1-2H3. The third-order valence-electron chi connectivity index (χ3n) is 2.27. The first-order valence-corrected chi connectivity index (χ1v) is 5.25. The molecule has 1 aliphatic heterocycles. The highest BCUT2D eigenvalue weighted by Crippen LogP contribution is 2.16. The Hall–Kier alpha value is -0.650. The summed E-state index contributed by atoms with van der Waals surface area (Å²) < 4.78 is 10.6. The number of hydrogen-bond acceptors (Lipinski definition) is 4. The molecule has 15 heavy (non-hydrogen) atoms. The monoisotopic (exact) mass is 216 g/mol. The van der Waals surface area contributed by atoms with Crippen molar-refractivity contribution in [3.05, 3.63) is 0 Å². The third kappa shape index (κ3) is 4.15. The molecule has 5 heteroatoms. The van der Waals surface area contributed by atoms with Gasteiger partial charge >= 0.3 is 0 Å². The van der Waals surface area contributed by atoms with Gasteiger partial charge in [-0.2, -0.15) is 0 Å². The van der Waals surface area contributed by atoms with Crippen LogP contribution in [0.4, 0.5) is 0 Å². The summed E-state index contributed by atoms with van der Waals surface area (Å²) in [5.41, 5.74) is 5.02. The number of amides is 1. The van der Waals surface area contributed by atoms with Crippen molar-refractivity contribution >= 4 is 5.91 Å². The van der Waals surface area contributed by atoms with Gasteiger partial charge in [0.25, 0.3) is 0 Å². The Morgan fingerprint density at radius 2 is 2.33 bits per heavy atom. The number of rotatable bonds is 4. The lowest BCUT2D eigenvalue weighted by Crippen LogP contribution is -2.51. The number of morpholine rings is 1. The van der Waals surface area contributed by atoms with Crippen molar-refractivity contribution < 1.29 is 14.3 Å². The van der Waals surface area contributed by atoms with Gasteiger partial charge in [0, 0.05) is 19.6 Å². The summed E-state index contributed by atoms with van der Waals surface area (Å²) in [6, 6.07) is 0. The summed E-state index contributed by atoms with van der Waals surface area (Å²) in [7, 11) is 0. The van der Waals surface area contributed by atoms with Gasteiger partial charge in [-0.1, -0.05) is 0 Å². The molecule has 0 spiro atoms. The summed E-state index contributed by atoms with van der Waals surface area (Å²) in [6.07, 6.45) is 0. The van der Waals surface area contributed by atoms with E-state index in [-0.39, 0.29) is 18.1 Å². The second-order valence-electron chi connectivity index (χ2n) is 4.26. The predicted octanol–water partition coefficient (Wildman–Crippen LogP) is -0.401. The molecule has 1 fully saturated rings. The van der Waals surface area contributed by atoms with Crippen LogP contribution in [-0.2, 0) is 14.3 Å². The van der Waals surface area contributed by atoms with Gasteiger partial charge in [0.1, 0.15) is 6.61 Å². The van der Waals surface area contributed by atoms with Gasteiger partial charge in [-0.25, -0.2) is 0 Å². The fourth-order valence-corrected chi connectivity index (χ4v) is 1.56. The summed E-state index contributed by atoms with van der Waals surface area (Å²) in [4.78, 5) is 13.4. The third-order valence-corrected chi connectivity index (χ3v) is 2.27. The molecule has 0 aromatic heterocycles. The number of carbonyl (C=O) groups is 1. The molecule has 1 rings (SSSR count). The Kier molecular flexibility index (Phi) is 4.50. The lowest BCUT2D eigenvalue weighted by molar-refractivity contribution is -0.150. The van der Waals surface area contributed by atoms with Crippen LogP contribution < -0.4 is 5.73 Å². The number of ether oxygens (including phenoxy) is 2. The first-order chi connectivity index (χ1) is 7.05. The lowest BCUT2D eigenvalue weighted by Gasteiger charge is -2.38. The largest absolute Gasteiger partial charge is 0.372 e. The van der Waals surface area contributed by atoms with Crippen LogP contribution in [0.25, 0.3) is 0 Å². The maximum absolute atomic E-state index is 11.7. The molecule has 88 valence electrons. The van der Waals surface area contributed by atoms with E-state index < -0.39 is 0 Å². The molecule has 0 aromatic rings. The van der Waals surface area contributed by atoms with Crippen molar-refractivity contribution in [3.8, 4) is 0 Å². The summed E-state index contributed by atoms with van der Waals surface area (Å²) in [5.74, 6) is 0.0137. The van der Waals surface area contributed by atoms with Crippen LogP contribution in [0.2, 0.25) is 0 Å². The van der Waals surface area contributed by atoms with E-state index in [2.05, 4.69) is 0 Å². The molecule has 5 nitrogen and oxygen atoms in total. The van der Waals surface area contributed by atoms with Crippen molar-refractivity contribution in [1.29, 1.82) is 0 Å². The lowest BCUT2D eigenvalue weighted by atomic mass is 10.1. The molecular weight excluding hydrogens is 196 g/mol. The van der Waals surface area contributed by atoms with Crippen molar-refractivity contribution in [3.63, 3.8) is 0 Å². The number of nitrogens with two attached hydrogens (primary N) is 1. The van der Waals surface area contributed by atoms with Crippen LogP contribution in [0.1, 0.15) is 13.8 Å². The first kappa shape index (κ1) is 12.4. The maximum atomic E-state index is 11.7. The second-order valence-corrected chi connectivity index (χ2v) is 4.26. The van der Waals surface area contributed by atoms with E-state index in [1.807, 2.05) is 13.8 Å². The maximum Gasteiger partial charge on any atom is 0.248 e. The fourth-order valence-electron chi connectivity index (χ4n) is 1.56. The van der Waals surface area contributed by atoms with Crippen molar-refractivity contribution in [2.24, 2.45) is 5.73 Å². The average Bonchev–Trinajstić information content (AvgIpc) is 2.16. The van der Waals surface area contributed by atoms with Crippen LogP contribution in [0.5, 0.6) is 0 Å². The van der Waals surface area contributed by atoms with Crippen LogP contribution in [0.15, 0.2) is 0 Å². The quantitative estimate of drug-likeness (QED) is 0.649. The van der Waals surface area contributed by atoms with Gasteiger partial charge in [-0.05, 0) is 13.8 Å². The highest BCUT2D eigenvalue weighted by atomic mass is 16.5. The molecule has 2 N–H and O–H groups in total. The Labute approximate surface area is 90.5 Å². The van der Waals surface area contributed by atoms with E-state index in [4.69, 9.17) is 15.2 Å².